The second-order valence-electron chi connectivity index (χ2n) is 5.40. The molecule has 108 valence electrons. The van der Waals surface area contributed by atoms with Crippen molar-refractivity contribution in [3.63, 3.8) is 0 Å². The van der Waals surface area contributed by atoms with E-state index in [9.17, 15) is 9.18 Å². The number of pyridine rings is 1. The molecule has 3 rings (SSSR count). The molecule has 1 aliphatic carbocycles. The fraction of sp³-hybridized carbons (Fsp3) is 0.294. The van der Waals surface area contributed by atoms with Crippen LogP contribution in [-0.2, 0) is 24.2 Å². The molecule has 0 fully saturated rings. The number of halogens is 1. The Bertz CT molecular complexity index is 670. The summed E-state index contributed by atoms with van der Waals surface area (Å²) < 4.78 is 15.4. The maximum Gasteiger partial charge on any atom is 0.290 e. The maximum absolute atomic E-state index is 13.5. The van der Waals surface area contributed by atoms with Crippen LogP contribution in [0.25, 0.3) is 0 Å². The molecule has 0 radical (unpaired) electrons. The Labute approximate surface area is 123 Å². The smallest absolute Gasteiger partial charge is 0.290 e. The molecule has 1 aliphatic rings. The highest BCUT2D eigenvalue weighted by Gasteiger charge is 2.16. The highest BCUT2D eigenvalue weighted by atomic mass is 19.1. The highest BCUT2D eigenvalue weighted by Crippen LogP contribution is 2.18. The molecule has 0 bridgehead atoms. The number of nitrogens with zero attached hydrogens (tertiary/aromatic N) is 1. The summed E-state index contributed by atoms with van der Waals surface area (Å²) in [5.41, 5.74) is 2.93. The van der Waals surface area contributed by atoms with Gasteiger partial charge in [0.2, 0.25) is 6.54 Å². The summed E-state index contributed by atoms with van der Waals surface area (Å²) in [6.45, 7) is 0.196. The van der Waals surface area contributed by atoms with Gasteiger partial charge < -0.3 is 5.32 Å². The third-order valence-electron chi connectivity index (χ3n) is 3.82. The molecule has 4 heteroatoms. The van der Waals surface area contributed by atoms with E-state index in [4.69, 9.17) is 0 Å². The van der Waals surface area contributed by atoms with Crippen LogP contribution in [0.4, 0.5) is 10.1 Å². The van der Waals surface area contributed by atoms with E-state index in [0.717, 1.165) is 12.8 Å². The lowest BCUT2D eigenvalue weighted by Gasteiger charge is -2.13. The van der Waals surface area contributed by atoms with E-state index in [1.165, 1.54) is 30.0 Å². The van der Waals surface area contributed by atoms with E-state index in [1.54, 1.807) is 18.2 Å². The zero-order valence-electron chi connectivity index (χ0n) is 11.8. The van der Waals surface area contributed by atoms with Crippen molar-refractivity contribution in [3.8, 4) is 0 Å². The zero-order valence-corrected chi connectivity index (χ0v) is 11.8. The van der Waals surface area contributed by atoms with Crippen molar-refractivity contribution in [1.82, 2.24) is 0 Å². The zero-order chi connectivity index (χ0) is 14.7. The minimum atomic E-state index is -0.415. The average molecular weight is 285 g/mol. The molecule has 0 saturated heterocycles. The predicted molar refractivity (Wildman–Crippen MR) is 78.3 cm³/mol. The van der Waals surface area contributed by atoms with Crippen LogP contribution in [0.2, 0.25) is 0 Å². The van der Waals surface area contributed by atoms with Gasteiger partial charge in [-0.2, -0.15) is 4.57 Å². The van der Waals surface area contributed by atoms with Gasteiger partial charge in [0.05, 0.1) is 5.69 Å². The first kappa shape index (κ1) is 13.7. The van der Waals surface area contributed by atoms with Gasteiger partial charge in [-0.25, -0.2) is 4.39 Å². The first-order chi connectivity index (χ1) is 10.2. The van der Waals surface area contributed by atoms with Gasteiger partial charge in [0.25, 0.3) is 5.91 Å². The van der Waals surface area contributed by atoms with E-state index in [2.05, 4.69) is 11.4 Å². The molecule has 3 nitrogen and oxygen atoms in total. The average Bonchev–Trinajstić information content (AvgIpc) is 2.49. The van der Waals surface area contributed by atoms with Gasteiger partial charge in [-0.15, -0.1) is 0 Å². The van der Waals surface area contributed by atoms with Crippen LogP contribution in [0.15, 0.2) is 42.7 Å². The summed E-state index contributed by atoms with van der Waals surface area (Å²) in [5.74, 6) is -0.637. The third-order valence-corrected chi connectivity index (χ3v) is 3.82. The van der Waals surface area contributed by atoms with Crippen molar-refractivity contribution in [1.29, 1.82) is 0 Å². The number of amides is 1. The first-order valence-corrected chi connectivity index (χ1v) is 7.27. The number of carbonyl (C=O) groups is 1. The number of hydrogen-bond acceptors (Lipinski definition) is 1. The van der Waals surface area contributed by atoms with Crippen molar-refractivity contribution < 1.29 is 13.8 Å². The second-order valence-corrected chi connectivity index (χ2v) is 5.40. The van der Waals surface area contributed by atoms with Gasteiger partial charge in [0.15, 0.2) is 12.4 Å². The summed E-state index contributed by atoms with van der Waals surface area (Å²) >= 11 is 0. The molecule has 21 heavy (non-hydrogen) atoms. The van der Waals surface area contributed by atoms with Crippen LogP contribution in [-0.4, -0.2) is 5.91 Å². The molecule has 0 spiro atoms. The van der Waals surface area contributed by atoms with Gasteiger partial charge in [-0.05, 0) is 43.4 Å². The third kappa shape index (κ3) is 3.27. The summed E-state index contributed by atoms with van der Waals surface area (Å²) in [6, 6.07) is 8.28. The second kappa shape index (κ2) is 6.04. The Kier molecular flexibility index (Phi) is 3.95. The number of benzene rings is 1. The summed E-state index contributed by atoms with van der Waals surface area (Å²) in [5, 5.41) is 2.60. The van der Waals surface area contributed by atoms with Crippen LogP contribution in [0, 0.1) is 5.82 Å². The topological polar surface area (TPSA) is 33.0 Å². The van der Waals surface area contributed by atoms with Gasteiger partial charge in [-0.1, -0.05) is 12.1 Å². The number of para-hydroxylation sites is 1. The Morgan fingerprint density at radius 3 is 2.71 bits per heavy atom. The Hall–Kier alpha value is -2.23. The standard InChI is InChI=1S/C17H17FN2O/c18-15-7-3-4-8-16(15)19-17(21)12-20-10-9-13-5-1-2-6-14(13)11-20/h3-4,7-11H,1-2,5-6,12H2/p+1. The van der Waals surface area contributed by atoms with E-state index in [-0.39, 0.29) is 18.1 Å². The normalized spacial score (nSPS) is 13.6. The number of hydrogen-bond donors (Lipinski definition) is 1. The van der Waals surface area contributed by atoms with E-state index in [1.807, 2.05) is 17.0 Å². The first-order valence-electron chi connectivity index (χ1n) is 7.27. The predicted octanol–water partition coefficient (Wildman–Crippen LogP) is 2.63. The Morgan fingerprint density at radius 1 is 1.14 bits per heavy atom. The van der Waals surface area contributed by atoms with Crippen LogP contribution in [0.5, 0.6) is 0 Å². The molecule has 0 atom stereocenters. The molecule has 1 heterocycles. The number of anilines is 1. The van der Waals surface area contributed by atoms with Gasteiger partial charge >= 0.3 is 0 Å². The molecule has 1 N–H and O–H groups in total. The minimum absolute atomic E-state index is 0.196. The lowest BCUT2D eigenvalue weighted by molar-refractivity contribution is -0.684. The van der Waals surface area contributed by atoms with Crippen molar-refractivity contribution in [2.75, 3.05) is 5.32 Å². The summed E-state index contributed by atoms with van der Waals surface area (Å²) in [7, 11) is 0. The minimum Gasteiger partial charge on any atom is -0.318 e. The van der Waals surface area contributed by atoms with Gasteiger partial charge in [-0.3, -0.25) is 4.79 Å². The summed E-state index contributed by atoms with van der Waals surface area (Å²) in [6.07, 6.45) is 8.60. The Balaban J connectivity index is 1.69. The molecule has 1 aromatic heterocycles. The monoisotopic (exact) mass is 285 g/mol. The molecule has 0 aliphatic heterocycles. The lowest BCUT2D eigenvalue weighted by atomic mass is 9.93. The molecule has 1 amide bonds. The SMILES string of the molecule is O=C(C[n+]1ccc2c(c1)CCCC2)Nc1ccccc1F. The van der Waals surface area contributed by atoms with Crippen LogP contribution < -0.4 is 9.88 Å². The van der Waals surface area contributed by atoms with E-state index in [0.29, 0.717) is 0 Å². The maximum atomic E-state index is 13.5. The van der Waals surface area contributed by atoms with Gasteiger partial charge in [0, 0.05) is 11.6 Å². The fourth-order valence-corrected chi connectivity index (χ4v) is 2.74. The molecular formula is C17H18FN2O+. The van der Waals surface area contributed by atoms with Crippen molar-refractivity contribution in [3.05, 3.63) is 59.7 Å². The molecule has 2 aromatic rings. The number of rotatable bonds is 3. The number of aryl methyl sites for hydroxylation is 2. The Morgan fingerprint density at radius 2 is 1.90 bits per heavy atom. The molecule has 1 aromatic carbocycles. The summed E-state index contributed by atoms with van der Waals surface area (Å²) in [4.78, 5) is 12.0. The number of carbonyl (C=O) groups excluding carboxylic acids is 1. The quantitative estimate of drug-likeness (QED) is 0.864. The van der Waals surface area contributed by atoms with Crippen LogP contribution in [0.1, 0.15) is 24.0 Å². The number of nitrogens with one attached hydrogen (secondary N) is 1. The van der Waals surface area contributed by atoms with Crippen LogP contribution in [0.3, 0.4) is 0 Å². The number of fused-ring (bicyclic) bond motifs is 1. The molecular weight excluding hydrogens is 267 g/mol. The van der Waals surface area contributed by atoms with Crippen LogP contribution >= 0.6 is 0 Å². The fourth-order valence-electron chi connectivity index (χ4n) is 2.74. The van der Waals surface area contributed by atoms with Crippen molar-refractivity contribution in [2.45, 2.75) is 32.2 Å². The number of aromatic nitrogens is 1. The van der Waals surface area contributed by atoms with Crippen molar-refractivity contribution >= 4 is 11.6 Å². The largest absolute Gasteiger partial charge is 0.318 e. The van der Waals surface area contributed by atoms with E-state index >= 15 is 0 Å². The molecule has 0 saturated carbocycles. The van der Waals surface area contributed by atoms with E-state index < -0.39 is 5.82 Å². The molecule has 0 unspecified atom stereocenters. The van der Waals surface area contributed by atoms with Gasteiger partial charge in [0.1, 0.15) is 5.82 Å². The van der Waals surface area contributed by atoms with Crippen molar-refractivity contribution in [2.24, 2.45) is 0 Å². The lowest BCUT2D eigenvalue weighted by Crippen LogP contribution is -2.40. The highest BCUT2D eigenvalue weighted by molar-refractivity contribution is 5.89.